The van der Waals surface area contributed by atoms with Gasteiger partial charge >= 0.3 is 0 Å². The molecule has 0 saturated heterocycles. The van der Waals surface area contributed by atoms with Crippen LogP contribution >= 0.6 is 0 Å². The van der Waals surface area contributed by atoms with Crippen molar-refractivity contribution in [3.8, 4) is 0 Å². The Morgan fingerprint density at radius 2 is 2.05 bits per heavy atom. The first-order chi connectivity index (χ1) is 9.79. The van der Waals surface area contributed by atoms with Crippen molar-refractivity contribution in [3.63, 3.8) is 0 Å². The summed E-state index contributed by atoms with van der Waals surface area (Å²) in [6, 6.07) is 10.7. The largest absolute Gasteiger partial charge is 0.310 e. The van der Waals surface area contributed by atoms with Crippen molar-refractivity contribution in [2.45, 2.75) is 39.2 Å². The summed E-state index contributed by atoms with van der Waals surface area (Å²) >= 11 is 0. The summed E-state index contributed by atoms with van der Waals surface area (Å²) in [6.07, 6.45) is 7.01. The van der Waals surface area contributed by atoms with Crippen molar-refractivity contribution >= 4 is 0 Å². The Labute approximate surface area is 121 Å². The normalized spacial score (nSPS) is 12.3. The van der Waals surface area contributed by atoms with Gasteiger partial charge in [0.1, 0.15) is 0 Å². The van der Waals surface area contributed by atoms with E-state index in [2.05, 4.69) is 40.4 Å². The van der Waals surface area contributed by atoms with E-state index < -0.39 is 0 Å². The molecule has 1 atom stereocenters. The van der Waals surface area contributed by atoms with Gasteiger partial charge in [-0.05, 0) is 56.5 Å². The molecular weight excluding hydrogens is 246 g/mol. The van der Waals surface area contributed by atoms with Gasteiger partial charge in [-0.3, -0.25) is 9.97 Å². The molecule has 2 aromatic heterocycles. The minimum absolute atomic E-state index is 0.352. The molecule has 1 N–H and O–H groups in total. The number of pyridine rings is 2. The van der Waals surface area contributed by atoms with E-state index in [1.54, 1.807) is 0 Å². The van der Waals surface area contributed by atoms with Crippen LogP contribution in [0.1, 0.15) is 42.8 Å². The molecule has 0 saturated carbocycles. The standard InChI is InChI=1S/C17H23N3/c1-3-11-19-17(15-8-7-14(2)20-13-15)10-9-16-6-4-5-12-18-16/h4-8,12-13,17,19H,3,9-11H2,1-2H3. The topological polar surface area (TPSA) is 37.8 Å². The van der Waals surface area contributed by atoms with Crippen molar-refractivity contribution < 1.29 is 0 Å². The molecular formula is C17H23N3. The number of nitrogens with zero attached hydrogens (tertiary/aromatic N) is 2. The van der Waals surface area contributed by atoms with Gasteiger partial charge < -0.3 is 5.32 Å². The van der Waals surface area contributed by atoms with Crippen LogP contribution < -0.4 is 5.32 Å². The predicted molar refractivity (Wildman–Crippen MR) is 82.6 cm³/mol. The molecule has 0 aliphatic heterocycles. The smallest absolute Gasteiger partial charge is 0.0404 e. The van der Waals surface area contributed by atoms with Gasteiger partial charge in [0, 0.05) is 29.8 Å². The fourth-order valence-corrected chi connectivity index (χ4v) is 2.23. The second-order valence-electron chi connectivity index (χ2n) is 5.10. The van der Waals surface area contributed by atoms with Crippen molar-refractivity contribution in [2.75, 3.05) is 6.54 Å². The number of rotatable bonds is 7. The molecule has 0 spiro atoms. The Bertz CT molecular complexity index is 493. The highest BCUT2D eigenvalue weighted by Gasteiger charge is 2.11. The minimum atomic E-state index is 0.352. The maximum absolute atomic E-state index is 4.41. The Hall–Kier alpha value is -1.74. The van der Waals surface area contributed by atoms with E-state index in [0.29, 0.717) is 6.04 Å². The van der Waals surface area contributed by atoms with Gasteiger partial charge in [0.25, 0.3) is 0 Å². The first kappa shape index (κ1) is 14.7. The SMILES string of the molecule is CCCNC(CCc1ccccn1)c1ccc(C)nc1. The first-order valence-electron chi connectivity index (χ1n) is 7.35. The molecule has 3 nitrogen and oxygen atoms in total. The molecule has 0 aromatic carbocycles. The Morgan fingerprint density at radius 1 is 1.15 bits per heavy atom. The highest BCUT2D eigenvalue weighted by molar-refractivity contribution is 5.18. The predicted octanol–water partition coefficient (Wildman–Crippen LogP) is 3.46. The van der Waals surface area contributed by atoms with Gasteiger partial charge in [0.05, 0.1) is 0 Å². The average molecular weight is 269 g/mol. The van der Waals surface area contributed by atoms with Crippen LogP contribution in [0, 0.1) is 6.92 Å². The van der Waals surface area contributed by atoms with Crippen molar-refractivity contribution in [2.24, 2.45) is 0 Å². The highest BCUT2D eigenvalue weighted by Crippen LogP contribution is 2.18. The number of aryl methyl sites for hydroxylation is 2. The third-order valence-corrected chi connectivity index (χ3v) is 3.39. The molecule has 2 rings (SSSR count). The molecule has 106 valence electrons. The van der Waals surface area contributed by atoms with Crippen LogP contribution in [-0.2, 0) is 6.42 Å². The molecule has 3 heteroatoms. The zero-order valence-electron chi connectivity index (χ0n) is 12.3. The van der Waals surface area contributed by atoms with Crippen LogP contribution in [0.25, 0.3) is 0 Å². The second-order valence-corrected chi connectivity index (χ2v) is 5.10. The summed E-state index contributed by atoms with van der Waals surface area (Å²) in [5.41, 5.74) is 3.48. The zero-order valence-corrected chi connectivity index (χ0v) is 12.3. The third kappa shape index (κ3) is 4.42. The van der Waals surface area contributed by atoms with Gasteiger partial charge in [0.15, 0.2) is 0 Å². The molecule has 2 heterocycles. The van der Waals surface area contributed by atoms with E-state index in [9.17, 15) is 0 Å². The van der Waals surface area contributed by atoms with Crippen LogP contribution in [0.4, 0.5) is 0 Å². The van der Waals surface area contributed by atoms with Crippen LogP contribution in [0.15, 0.2) is 42.7 Å². The van der Waals surface area contributed by atoms with Gasteiger partial charge in [0.2, 0.25) is 0 Å². The monoisotopic (exact) mass is 269 g/mol. The van der Waals surface area contributed by atoms with Gasteiger partial charge in [-0.1, -0.05) is 19.1 Å². The van der Waals surface area contributed by atoms with E-state index >= 15 is 0 Å². The van der Waals surface area contributed by atoms with Crippen molar-refractivity contribution in [1.29, 1.82) is 0 Å². The average Bonchev–Trinajstić information content (AvgIpc) is 2.50. The van der Waals surface area contributed by atoms with Gasteiger partial charge in [-0.25, -0.2) is 0 Å². The summed E-state index contributed by atoms with van der Waals surface area (Å²) in [5, 5.41) is 3.61. The number of hydrogen-bond donors (Lipinski definition) is 1. The molecule has 2 aromatic rings. The van der Waals surface area contributed by atoms with E-state index in [4.69, 9.17) is 0 Å². The maximum atomic E-state index is 4.41. The number of nitrogens with one attached hydrogen (secondary N) is 1. The number of aromatic nitrogens is 2. The molecule has 0 fully saturated rings. The van der Waals surface area contributed by atoms with Crippen molar-refractivity contribution in [3.05, 3.63) is 59.7 Å². The minimum Gasteiger partial charge on any atom is -0.310 e. The van der Waals surface area contributed by atoms with Crippen LogP contribution in [0.5, 0.6) is 0 Å². The molecule has 20 heavy (non-hydrogen) atoms. The van der Waals surface area contributed by atoms with E-state index in [-0.39, 0.29) is 0 Å². The van der Waals surface area contributed by atoms with Crippen LogP contribution in [0.3, 0.4) is 0 Å². The summed E-state index contributed by atoms with van der Waals surface area (Å²) in [4.78, 5) is 8.80. The van der Waals surface area contributed by atoms with E-state index in [1.807, 2.05) is 31.5 Å². The molecule has 0 bridgehead atoms. The third-order valence-electron chi connectivity index (χ3n) is 3.39. The summed E-state index contributed by atoms with van der Waals surface area (Å²) in [5.74, 6) is 0. The van der Waals surface area contributed by atoms with E-state index in [1.165, 1.54) is 5.56 Å². The van der Waals surface area contributed by atoms with E-state index in [0.717, 1.165) is 37.2 Å². The fraction of sp³-hybridized carbons (Fsp3) is 0.412. The Kier molecular flexibility index (Phi) is 5.69. The lowest BCUT2D eigenvalue weighted by molar-refractivity contribution is 0.495. The lowest BCUT2D eigenvalue weighted by Crippen LogP contribution is -2.23. The molecule has 0 amide bonds. The quantitative estimate of drug-likeness (QED) is 0.836. The van der Waals surface area contributed by atoms with Crippen molar-refractivity contribution in [1.82, 2.24) is 15.3 Å². The maximum Gasteiger partial charge on any atom is 0.0404 e. The van der Waals surface area contributed by atoms with Gasteiger partial charge in [-0.2, -0.15) is 0 Å². The molecule has 1 unspecified atom stereocenters. The zero-order chi connectivity index (χ0) is 14.2. The number of hydrogen-bond acceptors (Lipinski definition) is 3. The van der Waals surface area contributed by atoms with Crippen LogP contribution in [0.2, 0.25) is 0 Å². The summed E-state index contributed by atoms with van der Waals surface area (Å²) in [7, 11) is 0. The fourth-order valence-electron chi connectivity index (χ4n) is 2.23. The molecule has 0 radical (unpaired) electrons. The Balaban J connectivity index is 2.01. The summed E-state index contributed by atoms with van der Waals surface area (Å²) < 4.78 is 0. The lowest BCUT2D eigenvalue weighted by atomic mass is 10.0. The molecule has 0 aliphatic rings. The highest BCUT2D eigenvalue weighted by atomic mass is 14.9. The second kappa shape index (κ2) is 7.75. The summed E-state index contributed by atoms with van der Waals surface area (Å²) in [6.45, 7) is 5.24. The molecule has 0 aliphatic carbocycles. The van der Waals surface area contributed by atoms with Gasteiger partial charge in [-0.15, -0.1) is 0 Å². The first-order valence-corrected chi connectivity index (χ1v) is 7.35. The van der Waals surface area contributed by atoms with Crippen LogP contribution in [-0.4, -0.2) is 16.5 Å². The lowest BCUT2D eigenvalue weighted by Gasteiger charge is -2.18. The Morgan fingerprint density at radius 3 is 2.70 bits per heavy atom.